The third-order valence-electron chi connectivity index (χ3n) is 5.35. The molecule has 43 heavy (non-hydrogen) atoms. The van der Waals surface area contributed by atoms with Crippen molar-refractivity contribution < 1.29 is 50.3 Å². The number of hydrogen-bond acceptors (Lipinski definition) is 6. The second-order valence-corrected chi connectivity index (χ2v) is 9.01. The van der Waals surface area contributed by atoms with Crippen LogP contribution in [-0.2, 0) is 31.5 Å². The van der Waals surface area contributed by atoms with E-state index in [0.29, 0.717) is 18.9 Å². The maximum atomic E-state index is 13.3. The zero-order valence-electron chi connectivity index (χ0n) is 25.0. The fraction of sp³-hybridized carbons (Fsp3) is 0.517. The molecule has 0 aliphatic carbocycles. The van der Waals surface area contributed by atoms with E-state index in [1.165, 1.54) is 6.92 Å². The fourth-order valence-electron chi connectivity index (χ4n) is 3.38. The van der Waals surface area contributed by atoms with E-state index in [9.17, 15) is 45.5 Å². The highest BCUT2D eigenvalue weighted by atomic mass is 19.4. The minimum atomic E-state index is -5.31. The number of esters is 1. The van der Waals surface area contributed by atoms with Gasteiger partial charge in [0.15, 0.2) is 12.4 Å². The summed E-state index contributed by atoms with van der Waals surface area (Å²) in [6, 6.07) is -1.26. The van der Waals surface area contributed by atoms with Gasteiger partial charge in [-0.15, -0.1) is 0 Å². The van der Waals surface area contributed by atoms with Gasteiger partial charge in [-0.1, -0.05) is 59.1 Å². The Morgan fingerprint density at radius 3 is 1.79 bits per heavy atom. The second kappa shape index (κ2) is 20.3. The molecule has 14 heteroatoms. The van der Waals surface area contributed by atoms with Gasteiger partial charge in [-0.3, -0.25) is 14.4 Å². The van der Waals surface area contributed by atoms with Crippen molar-refractivity contribution in [3.05, 3.63) is 60.2 Å². The molecular weight excluding hydrogens is 584 g/mol. The van der Waals surface area contributed by atoms with Crippen LogP contribution in [0.1, 0.15) is 75.4 Å². The van der Waals surface area contributed by atoms with E-state index in [4.69, 9.17) is 5.73 Å². The predicted molar refractivity (Wildman–Crippen MR) is 151 cm³/mol. The zero-order chi connectivity index (χ0) is 34.0. The number of ketones is 1. The van der Waals surface area contributed by atoms with E-state index in [1.807, 2.05) is 13.8 Å². The number of benzene rings is 1. The number of Topliss-reactive ketones (excluding diaryl/α,β-unsaturated/α-hetero) is 1. The molecule has 0 aliphatic heterocycles. The Morgan fingerprint density at radius 2 is 1.42 bits per heavy atom. The maximum absolute atomic E-state index is 13.3. The van der Waals surface area contributed by atoms with Crippen LogP contribution >= 0.6 is 0 Å². The summed E-state index contributed by atoms with van der Waals surface area (Å²) in [4.78, 5) is 49.2. The Balaban J connectivity index is 0. The molecule has 1 rings (SSSR count). The topological polar surface area (TPSA) is 128 Å². The number of hydrogen-bond donors (Lipinski definition) is 3. The Labute approximate surface area is 248 Å². The summed E-state index contributed by atoms with van der Waals surface area (Å²) in [6.07, 6.45) is -6.59. The highest BCUT2D eigenvalue weighted by Gasteiger charge is 2.43. The summed E-state index contributed by atoms with van der Waals surface area (Å²) < 4.78 is 84.5. The van der Waals surface area contributed by atoms with Crippen LogP contribution in [0.25, 0.3) is 0 Å². The molecule has 4 N–H and O–H groups in total. The minimum Gasteiger partial charge on any atom is -0.454 e. The summed E-state index contributed by atoms with van der Waals surface area (Å²) in [7, 11) is 0. The van der Waals surface area contributed by atoms with Gasteiger partial charge >= 0.3 is 18.3 Å². The molecule has 0 spiro atoms. The summed E-state index contributed by atoms with van der Waals surface area (Å²) in [5.41, 5.74) is -0.0954. The number of ether oxygens (including phenoxy) is 1. The van der Waals surface area contributed by atoms with Gasteiger partial charge < -0.3 is 21.1 Å². The lowest BCUT2D eigenvalue weighted by Crippen LogP contribution is -2.53. The number of allylic oxidation sites excluding steroid dienone is 2. The monoisotopic (exact) mass is 625 g/mol. The molecule has 8 nitrogen and oxygen atoms in total. The Kier molecular flexibility index (Phi) is 19.5. The van der Waals surface area contributed by atoms with Crippen LogP contribution in [0.3, 0.4) is 0 Å². The average Bonchev–Trinajstić information content (AvgIpc) is 2.93. The number of nitrogens with one attached hydrogen (secondary N) is 2. The SMILES string of the molecule is C=CC=C.CC.CC(=O)NC(C(=O)NC(CCCCN)C(=O)COC(=O)c1c(C(F)(F)F)cccc1C(F)(F)F)C(C)C. The normalized spacial score (nSPS) is 12.3. The van der Waals surface area contributed by atoms with Crippen LogP contribution in [0, 0.1) is 5.92 Å². The van der Waals surface area contributed by atoms with E-state index in [2.05, 4.69) is 28.5 Å². The van der Waals surface area contributed by atoms with Gasteiger partial charge in [0.1, 0.15) is 6.04 Å². The Hall–Kier alpha value is -3.68. The molecule has 244 valence electrons. The zero-order valence-corrected chi connectivity index (χ0v) is 25.0. The van der Waals surface area contributed by atoms with Crippen molar-refractivity contribution in [1.29, 1.82) is 0 Å². The molecule has 0 bridgehead atoms. The van der Waals surface area contributed by atoms with Gasteiger partial charge in [-0.05, 0) is 43.9 Å². The number of carbonyl (C=O) groups excluding carboxylic acids is 4. The number of rotatable bonds is 13. The standard InChI is InChI=1S/C23H29F6N3O5.C4H6.C2H6/c1-12(2)19(31-13(3)33)20(35)32-16(9-4-5-10-30)17(34)11-37-21(36)18-14(22(24,25)26)7-6-8-15(18)23(27,28)29;1-3-4-2;1-2/h6-8,12,16,19H,4-5,9-11,30H2,1-3H3,(H,31,33)(H,32,35);3-4H,1-2H2;1-2H3. The molecule has 0 heterocycles. The first-order chi connectivity index (χ1) is 19.9. The lowest BCUT2D eigenvalue weighted by Gasteiger charge is -2.25. The first kappa shape index (κ1) is 41.5. The number of nitrogens with two attached hydrogens (primary N) is 1. The van der Waals surface area contributed by atoms with Crippen molar-refractivity contribution in [3.8, 4) is 0 Å². The number of amides is 2. The van der Waals surface area contributed by atoms with E-state index >= 15 is 0 Å². The van der Waals surface area contributed by atoms with Crippen molar-refractivity contribution in [1.82, 2.24) is 10.6 Å². The lowest BCUT2D eigenvalue weighted by atomic mass is 9.99. The second-order valence-electron chi connectivity index (χ2n) is 9.01. The smallest absolute Gasteiger partial charge is 0.417 e. The first-order valence-electron chi connectivity index (χ1n) is 13.4. The van der Waals surface area contributed by atoms with Crippen molar-refractivity contribution in [2.75, 3.05) is 13.2 Å². The van der Waals surface area contributed by atoms with E-state index in [1.54, 1.807) is 26.0 Å². The van der Waals surface area contributed by atoms with Crippen LogP contribution in [0.4, 0.5) is 26.3 Å². The predicted octanol–water partition coefficient (Wildman–Crippen LogP) is 5.61. The minimum absolute atomic E-state index is 0.00283. The highest BCUT2D eigenvalue weighted by molar-refractivity contribution is 5.97. The van der Waals surface area contributed by atoms with Crippen molar-refractivity contribution in [3.63, 3.8) is 0 Å². The largest absolute Gasteiger partial charge is 0.454 e. The molecule has 0 saturated heterocycles. The fourth-order valence-corrected chi connectivity index (χ4v) is 3.38. The van der Waals surface area contributed by atoms with Crippen LogP contribution in [0.2, 0.25) is 0 Å². The summed E-state index contributed by atoms with van der Waals surface area (Å²) in [5.74, 6) is -4.62. The average molecular weight is 626 g/mol. The van der Waals surface area contributed by atoms with Gasteiger partial charge in [-0.25, -0.2) is 4.79 Å². The van der Waals surface area contributed by atoms with Crippen LogP contribution in [0.5, 0.6) is 0 Å². The molecule has 2 unspecified atom stereocenters. The molecule has 1 aromatic carbocycles. The number of unbranched alkanes of at least 4 members (excludes halogenated alkanes) is 1. The lowest BCUT2D eigenvalue weighted by molar-refractivity contribution is -0.144. The third-order valence-corrected chi connectivity index (χ3v) is 5.35. The summed E-state index contributed by atoms with van der Waals surface area (Å²) >= 11 is 0. The molecule has 0 aliphatic rings. The van der Waals surface area contributed by atoms with Gasteiger partial charge in [0.2, 0.25) is 11.8 Å². The van der Waals surface area contributed by atoms with Crippen molar-refractivity contribution in [2.24, 2.45) is 11.7 Å². The number of halogens is 6. The molecular formula is C29H41F6N3O5. The van der Waals surface area contributed by atoms with Gasteiger partial charge in [0, 0.05) is 6.92 Å². The Bertz CT molecular complexity index is 1030. The summed E-state index contributed by atoms with van der Waals surface area (Å²) in [6.45, 7) is 14.2. The van der Waals surface area contributed by atoms with E-state index in [0.717, 1.165) is 0 Å². The first-order valence-corrected chi connectivity index (χ1v) is 13.4. The molecule has 2 amide bonds. The Morgan fingerprint density at radius 1 is 0.930 bits per heavy atom. The van der Waals surface area contributed by atoms with Gasteiger partial charge in [-0.2, -0.15) is 26.3 Å². The third kappa shape index (κ3) is 15.4. The van der Waals surface area contributed by atoms with E-state index in [-0.39, 0.29) is 31.0 Å². The number of carbonyl (C=O) groups is 4. The molecule has 0 radical (unpaired) electrons. The molecule has 1 aromatic rings. The van der Waals surface area contributed by atoms with Gasteiger partial charge in [0.25, 0.3) is 0 Å². The molecule has 0 aromatic heterocycles. The van der Waals surface area contributed by atoms with Crippen molar-refractivity contribution >= 4 is 23.6 Å². The summed E-state index contributed by atoms with van der Waals surface area (Å²) in [5, 5.41) is 4.82. The molecule has 0 fully saturated rings. The van der Waals surface area contributed by atoms with Crippen LogP contribution < -0.4 is 16.4 Å². The van der Waals surface area contributed by atoms with Crippen LogP contribution in [-0.4, -0.2) is 48.8 Å². The molecule has 2 atom stereocenters. The number of alkyl halides is 6. The molecule has 0 saturated carbocycles. The van der Waals surface area contributed by atoms with E-state index < -0.39 is 71.3 Å². The quantitative estimate of drug-likeness (QED) is 0.113. The van der Waals surface area contributed by atoms with Crippen LogP contribution in [0.15, 0.2) is 43.5 Å². The van der Waals surface area contributed by atoms with Crippen molar-refractivity contribution in [2.45, 2.75) is 78.3 Å². The maximum Gasteiger partial charge on any atom is 0.417 e. The highest BCUT2D eigenvalue weighted by Crippen LogP contribution is 2.39. The van der Waals surface area contributed by atoms with Gasteiger partial charge in [0.05, 0.1) is 22.7 Å².